The molecule has 17 nitrogen and oxygen atoms in total. The molecule has 0 amide bonds. The molecule has 6 N–H and O–H groups in total. The molecule has 7 atom stereocenters. The molecule has 0 radical (unpaired) electrons. The minimum absolute atomic E-state index is 0.0994. The quantitative estimate of drug-likeness (QED) is 0.0879. The zero-order valence-corrected chi connectivity index (χ0v) is 26.6. The highest BCUT2D eigenvalue weighted by Gasteiger charge is 2.57. The van der Waals surface area contributed by atoms with Crippen molar-refractivity contribution in [2.24, 2.45) is 10.7 Å². The molecule has 0 aromatic heterocycles. The van der Waals surface area contributed by atoms with Crippen LogP contribution in [0.5, 0.6) is 28.7 Å². The number of esters is 1. The van der Waals surface area contributed by atoms with Gasteiger partial charge < -0.3 is 54.4 Å². The number of carbonyl (C=O) groups excluding carboxylic acids is 1. The molecule has 2 aromatic carbocycles. The van der Waals surface area contributed by atoms with E-state index in [2.05, 4.69) is 10.5 Å². The smallest absolute Gasteiger partial charge is 0.317 e. The molecular weight excluding hydrogens is 678 g/mol. The number of nitrogens with one attached hydrogen (secondary N) is 1. The summed E-state index contributed by atoms with van der Waals surface area (Å²) < 4.78 is 34.3. The number of carboxylic acid groups (broad SMARTS) is 1. The van der Waals surface area contributed by atoms with Crippen molar-refractivity contribution in [1.29, 1.82) is 0 Å². The van der Waals surface area contributed by atoms with Gasteiger partial charge in [0.05, 0.1) is 24.8 Å². The second-order valence-electron chi connectivity index (χ2n) is 11.3. The van der Waals surface area contributed by atoms with Crippen LogP contribution >= 0.6 is 21.6 Å². The average molecular weight is 710 g/mol. The Kier molecular flexibility index (Phi) is 9.24. The number of benzene rings is 2. The number of nitrogens with two attached hydrogens (primary N) is 1. The van der Waals surface area contributed by atoms with E-state index in [1.54, 1.807) is 24.3 Å². The van der Waals surface area contributed by atoms with Crippen LogP contribution < -0.4 is 35.0 Å². The van der Waals surface area contributed by atoms with Crippen LogP contribution in [0.15, 0.2) is 35.3 Å². The van der Waals surface area contributed by atoms with Crippen LogP contribution in [0.25, 0.3) is 0 Å². The Labute approximate surface area is 280 Å². The van der Waals surface area contributed by atoms with E-state index in [1.165, 1.54) is 21.6 Å². The second kappa shape index (κ2) is 13.6. The van der Waals surface area contributed by atoms with Crippen molar-refractivity contribution in [2.45, 2.75) is 48.6 Å². The zero-order valence-electron chi connectivity index (χ0n) is 25.0. The minimum atomic E-state index is -2.18. The highest BCUT2D eigenvalue weighted by molar-refractivity contribution is 8.76. The molecule has 0 aliphatic carbocycles. The summed E-state index contributed by atoms with van der Waals surface area (Å²) in [7, 11) is 2.61. The number of rotatable bonds is 7. The molecule has 19 heteroatoms. The fraction of sp³-hybridized carbons (Fsp3) is 0.483. The molecule has 258 valence electrons. The molecule has 5 aliphatic heterocycles. The Balaban J connectivity index is 1.11. The van der Waals surface area contributed by atoms with Crippen LogP contribution in [-0.4, -0.2) is 101 Å². The van der Waals surface area contributed by atoms with Crippen molar-refractivity contribution in [3.63, 3.8) is 0 Å². The standard InChI is InChI=1S/C29H31N3O14S2/c30-28-31-3-4-47-48-11-29(37)27(26(44-32-28)24(36)21(43-29)10-39-23(35)8-22(33)34)46-45-13-1-2-17-15(5-13)25-16(9-38-17)14-6-19-20(41-12-40-19)7-18(14)42-25/h1-2,5-7,16,21,24-27,36-37H,3-4,8-12H2,(H,33,34)(H3,30,31,32)/t16-,21-,24-,25+,26-,27+,29-/m1/s1. The number of ether oxygens (including phenoxy) is 6. The number of carbonyl (C=O) groups is 2. The Morgan fingerprint density at radius 3 is 2.75 bits per heavy atom. The number of aliphatic hydroxyl groups is 2. The number of aliphatic carboxylic acids is 1. The first-order valence-corrected chi connectivity index (χ1v) is 17.3. The van der Waals surface area contributed by atoms with Crippen LogP contribution in [0.2, 0.25) is 0 Å². The normalized spacial score (nSPS) is 30.3. The molecule has 5 aliphatic rings. The first-order chi connectivity index (χ1) is 23.2. The zero-order chi connectivity index (χ0) is 33.4. The van der Waals surface area contributed by atoms with Gasteiger partial charge in [-0.3, -0.25) is 19.4 Å². The Morgan fingerprint density at radius 2 is 1.92 bits per heavy atom. The van der Waals surface area contributed by atoms with Crippen LogP contribution in [0.1, 0.15) is 29.6 Å². The average Bonchev–Trinajstić information content (AvgIpc) is 3.67. The highest BCUT2D eigenvalue weighted by Crippen LogP contribution is 2.54. The van der Waals surface area contributed by atoms with Crippen molar-refractivity contribution in [3.8, 4) is 28.7 Å². The summed E-state index contributed by atoms with van der Waals surface area (Å²) in [5, 5.41) is 32.0. The number of hydrogen-bond acceptors (Lipinski definition) is 18. The fourth-order valence-corrected chi connectivity index (χ4v) is 7.95. The van der Waals surface area contributed by atoms with E-state index >= 15 is 0 Å². The molecule has 7 rings (SSSR count). The summed E-state index contributed by atoms with van der Waals surface area (Å²) >= 11 is 0. The number of nitrogens with zero attached hydrogens (tertiary/aromatic N) is 1. The van der Waals surface area contributed by atoms with Crippen molar-refractivity contribution in [1.82, 2.24) is 5.48 Å². The largest absolute Gasteiger partial charge is 0.492 e. The summed E-state index contributed by atoms with van der Waals surface area (Å²) in [6.07, 6.45) is -7.21. The SMILES string of the molecule is NC1=NCCSSC[C@@]2(O)O[C@H](COC(=O)CC(=O)O)[C@@H](O)[C@@H](ON1)[C@@H]2OOc1ccc2c(c1)[C@@H]1Oc3cc4c(cc3[C@H]1CO2)OCO4. The molecule has 2 aromatic rings. The first-order valence-electron chi connectivity index (χ1n) is 14.8. The summed E-state index contributed by atoms with van der Waals surface area (Å²) in [4.78, 5) is 44.2. The third-order valence-electron chi connectivity index (χ3n) is 8.10. The number of guanidine groups is 1. The fourth-order valence-electron chi connectivity index (χ4n) is 5.84. The maximum atomic E-state index is 11.9. The van der Waals surface area contributed by atoms with Gasteiger partial charge >= 0.3 is 11.9 Å². The Hall–Kier alpha value is -3.85. The topological polar surface area (TPSA) is 228 Å². The molecule has 5 heterocycles. The highest BCUT2D eigenvalue weighted by atomic mass is 33.1. The molecule has 2 bridgehead atoms. The van der Waals surface area contributed by atoms with E-state index in [0.717, 1.165) is 5.56 Å². The van der Waals surface area contributed by atoms with E-state index in [4.69, 9.17) is 53.9 Å². The number of hydrogen-bond donors (Lipinski definition) is 5. The molecule has 48 heavy (non-hydrogen) atoms. The molecule has 1 fully saturated rings. The van der Waals surface area contributed by atoms with E-state index in [0.29, 0.717) is 47.5 Å². The predicted octanol–water partition coefficient (Wildman–Crippen LogP) is 0.770. The van der Waals surface area contributed by atoms with Crippen LogP contribution in [0.3, 0.4) is 0 Å². The van der Waals surface area contributed by atoms with Gasteiger partial charge in [0, 0.05) is 22.9 Å². The predicted molar refractivity (Wildman–Crippen MR) is 165 cm³/mol. The second-order valence-corrected chi connectivity index (χ2v) is 13.9. The van der Waals surface area contributed by atoms with Crippen molar-refractivity contribution < 1.29 is 67.9 Å². The molecule has 0 unspecified atom stereocenters. The van der Waals surface area contributed by atoms with Gasteiger partial charge in [-0.2, -0.15) is 4.89 Å². The number of hydroxylamine groups is 1. The Morgan fingerprint density at radius 1 is 1.08 bits per heavy atom. The van der Waals surface area contributed by atoms with Gasteiger partial charge in [0.15, 0.2) is 23.4 Å². The molecular formula is C29H31N3O14S2. The summed E-state index contributed by atoms with van der Waals surface area (Å²) in [5.41, 5.74) is 9.97. The maximum Gasteiger partial charge on any atom is 0.317 e. The molecule has 0 spiro atoms. The minimum Gasteiger partial charge on any atom is -0.492 e. The van der Waals surface area contributed by atoms with E-state index in [9.17, 15) is 19.8 Å². The molecule has 0 saturated carbocycles. The van der Waals surface area contributed by atoms with Crippen LogP contribution in [0, 0.1) is 0 Å². The van der Waals surface area contributed by atoms with E-state index < -0.39 is 61.3 Å². The van der Waals surface area contributed by atoms with Crippen molar-refractivity contribution in [2.75, 3.05) is 38.1 Å². The van der Waals surface area contributed by atoms with Gasteiger partial charge in [0.1, 0.15) is 48.9 Å². The first kappa shape index (κ1) is 32.7. The van der Waals surface area contributed by atoms with Crippen LogP contribution in [-0.2, 0) is 28.8 Å². The lowest BCUT2D eigenvalue weighted by Gasteiger charge is -2.47. The molecule has 1 saturated heterocycles. The summed E-state index contributed by atoms with van der Waals surface area (Å²) in [6.45, 7) is 0.277. The summed E-state index contributed by atoms with van der Waals surface area (Å²) in [5.74, 6) is -1.73. The number of carboxylic acids is 1. The third kappa shape index (κ3) is 6.58. The van der Waals surface area contributed by atoms with E-state index in [-0.39, 0.29) is 30.2 Å². The number of aliphatic hydroxyl groups excluding tert-OH is 1. The number of fused-ring (bicyclic) bond motifs is 8. The van der Waals surface area contributed by atoms with Gasteiger partial charge in [0.25, 0.3) is 0 Å². The van der Waals surface area contributed by atoms with Gasteiger partial charge in [-0.1, -0.05) is 21.6 Å². The van der Waals surface area contributed by atoms with Gasteiger partial charge in [-0.25, -0.2) is 5.48 Å². The van der Waals surface area contributed by atoms with Gasteiger partial charge in [-0.15, -0.1) is 0 Å². The lowest BCUT2D eigenvalue weighted by Crippen LogP contribution is -2.69. The van der Waals surface area contributed by atoms with Crippen LogP contribution in [0.4, 0.5) is 0 Å². The summed E-state index contributed by atoms with van der Waals surface area (Å²) in [6, 6.07) is 8.69. The van der Waals surface area contributed by atoms with Crippen molar-refractivity contribution in [3.05, 3.63) is 41.5 Å². The van der Waals surface area contributed by atoms with Gasteiger partial charge in [-0.05, 0) is 24.3 Å². The van der Waals surface area contributed by atoms with Crippen molar-refractivity contribution >= 4 is 39.5 Å². The van der Waals surface area contributed by atoms with Gasteiger partial charge in [0.2, 0.25) is 18.5 Å². The maximum absolute atomic E-state index is 11.9. The number of aliphatic imine (C=N–C) groups is 1. The lowest BCUT2D eigenvalue weighted by molar-refractivity contribution is -0.407. The Bertz CT molecular complexity index is 1600. The van der Waals surface area contributed by atoms with E-state index in [1.807, 2.05) is 6.07 Å². The lowest BCUT2D eigenvalue weighted by atomic mass is 9.89. The monoisotopic (exact) mass is 709 g/mol. The third-order valence-corrected chi connectivity index (χ3v) is 10.5.